The lowest BCUT2D eigenvalue weighted by Gasteiger charge is -2.17. The van der Waals surface area contributed by atoms with E-state index >= 15 is 0 Å². The summed E-state index contributed by atoms with van der Waals surface area (Å²) in [6.45, 7) is 5.96. The Morgan fingerprint density at radius 1 is 1.33 bits per heavy atom. The molecule has 7 nitrogen and oxygen atoms in total. The van der Waals surface area contributed by atoms with Crippen molar-refractivity contribution in [3.05, 3.63) is 12.7 Å². The summed E-state index contributed by atoms with van der Waals surface area (Å²) in [5.74, 6) is -0.914. The maximum absolute atomic E-state index is 11.5. The average Bonchev–Trinajstić information content (AvgIpc) is 2.34. The molecule has 0 aromatic heterocycles. The van der Waals surface area contributed by atoms with E-state index in [0.717, 1.165) is 0 Å². The third-order valence-corrected chi connectivity index (χ3v) is 2.05. The van der Waals surface area contributed by atoms with E-state index < -0.39 is 17.9 Å². The van der Waals surface area contributed by atoms with E-state index in [1.54, 1.807) is 11.8 Å². The standard InChI is InChI=1S/C11H19N3O4/c1-4-6-12-11(17)13-9(15)7-14(5-2)8-10(16)18-3/h4H,1,5-8H2,2-3H3,(H2,12,13,15,17). The van der Waals surface area contributed by atoms with Gasteiger partial charge in [0, 0.05) is 6.54 Å². The Kier molecular flexibility index (Phi) is 8.21. The van der Waals surface area contributed by atoms with E-state index in [-0.39, 0.29) is 19.6 Å². The van der Waals surface area contributed by atoms with Gasteiger partial charge in [-0.05, 0) is 6.54 Å². The van der Waals surface area contributed by atoms with Crippen LogP contribution in [-0.4, -0.2) is 56.1 Å². The molecule has 0 rings (SSSR count). The molecule has 18 heavy (non-hydrogen) atoms. The van der Waals surface area contributed by atoms with Crippen LogP contribution in [0.3, 0.4) is 0 Å². The normalized spacial score (nSPS) is 9.72. The summed E-state index contributed by atoms with van der Waals surface area (Å²) >= 11 is 0. The van der Waals surface area contributed by atoms with Crippen LogP contribution in [0.5, 0.6) is 0 Å². The Hall–Kier alpha value is -1.89. The third kappa shape index (κ3) is 7.39. The number of hydrogen-bond acceptors (Lipinski definition) is 5. The van der Waals surface area contributed by atoms with Gasteiger partial charge in [0.25, 0.3) is 0 Å². The van der Waals surface area contributed by atoms with Crippen LogP contribution >= 0.6 is 0 Å². The van der Waals surface area contributed by atoms with Gasteiger partial charge in [0.2, 0.25) is 5.91 Å². The van der Waals surface area contributed by atoms with Gasteiger partial charge in [0.05, 0.1) is 20.2 Å². The quantitative estimate of drug-likeness (QED) is 0.474. The maximum atomic E-state index is 11.5. The number of rotatable bonds is 7. The summed E-state index contributed by atoms with van der Waals surface area (Å²) < 4.78 is 4.50. The Morgan fingerprint density at radius 2 is 2.00 bits per heavy atom. The number of carbonyl (C=O) groups is 3. The minimum atomic E-state index is -0.589. The SMILES string of the molecule is C=CCNC(=O)NC(=O)CN(CC)CC(=O)OC. The average molecular weight is 257 g/mol. The van der Waals surface area contributed by atoms with Crippen molar-refractivity contribution >= 4 is 17.9 Å². The molecule has 0 radical (unpaired) electrons. The van der Waals surface area contributed by atoms with Crippen molar-refractivity contribution in [3.63, 3.8) is 0 Å². The molecule has 0 bridgehead atoms. The Balaban J connectivity index is 4.06. The van der Waals surface area contributed by atoms with Crippen LogP contribution < -0.4 is 10.6 Å². The lowest BCUT2D eigenvalue weighted by atomic mass is 10.4. The van der Waals surface area contributed by atoms with E-state index in [1.165, 1.54) is 13.2 Å². The zero-order chi connectivity index (χ0) is 14.0. The maximum Gasteiger partial charge on any atom is 0.321 e. The van der Waals surface area contributed by atoms with Crippen molar-refractivity contribution in [1.82, 2.24) is 15.5 Å². The number of likely N-dealkylation sites (N-methyl/N-ethyl adjacent to an activating group) is 1. The minimum Gasteiger partial charge on any atom is -0.468 e. The fourth-order valence-corrected chi connectivity index (χ4v) is 1.10. The molecule has 3 amide bonds. The van der Waals surface area contributed by atoms with E-state index in [1.807, 2.05) is 0 Å². The summed E-state index contributed by atoms with van der Waals surface area (Å²) in [5.41, 5.74) is 0. The van der Waals surface area contributed by atoms with E-state index in [4.69, 9.17) is 0 Å². The van der Waals surface area contributed by atoms with Crippen LogP contribution in [0.1, 0.15) is 6.92 Å². The molecule has 7 heteroatoms. The number of ether oxygens (including phenoxy) is 1. The highest BCUT2D eigenvalue weighted by Crippen LogP contribution is 1.89. The highest BCUT2D eigenvalue weighted by Gasteiger charge is 2.14. The first kappa shape index (κ1) is 16.1. The summed E-state index contributed by atoms with van der Waals surface area (Å²) in [5, 5.41) is 4.55. The summed E-state index contributed by atoms with van der Waals surface area (Å²) in [6, 6.07) is -0.589. The van der Waals surface area contributed by atoms with E-state index in [0.29, 0.717) is 6.54 Å². The molecule has 2 N–H and O–H groups in total. The van der Waals surface area contributed by atoms with Gasteiger partial charge < -0.3 is 10.1 Å². The Morgan fingerprint density at radius 3 is 2.50 bits per heavy atom. The fourth-order valence-electron chi connectivity index (χ4n) is 1.10. The third-order valence-electron chi connectivity index (χ3n) is 2.05. The molecule has 0 aliphatic carbocycles. The molecule has 0 aliphatic heterocycles. The smallest absolute Gasteiger partial charge is 0.321 e. The van der Waals surface area contributed by atoms with Crippen LogP contribution in [0.25, 0.3) is 0 Å². The van der Waals surface area contributed by atoms with Crippen molar-refractivity contribution in [2.75, 3.05) is 33.3 Å². The van der Waals surface area contributed by atoms with Gasteiger partial charge in [-0.25, -0.2) is 4.79 Å². The first-order valence-electron chi connectivity index (χ1n) is 5.51. The van der Waals surface area contributed by atoms with E-state index in [9.17, 15) is 14.4 Å². The largest absolute Gasteiger partial charge is 0.468 e. The topological polar surface area (TPSA) is 87.7 Å². The van der Waals surface area contributed by atoms with Crippen LogP contribution in [0, 0.1) is 0 Å². The number of hydrogen-bond donors (Lipinski definition) is 2. The molecule has 0 aromatic carbocycles. The molecule has 0 saturated heterocycles. The number of urea groups is 1. The van der Waals surface area contributed by atoms with Crippen molar-refractivity contribution in [2.45, 2.75) is 6.92 Å². The first-order valence-corrected chi connectivity index (χ1v) is 5.51. The van der Waals surface area contributed by atoms with Crippen molar-refractivity contribution in [3.8, 4) is 0 Å². The number of methoxy groups -OCH3 is 1. The van der Waals surface area contributed by atoms with Crippen LogP contribution in [-0.2, 0) is 14.3 Å². The monoisotopic (exact) mass is 257 g/mol. The molecule has 0 spiro atoms. The van der Waals surface area contributed by atoms with E-state index in [2.05, 4.69) is 21.9 Å². The summed E-state index contributed by atoms with van der Waals surface area (Å²) in [4.78, 5) is 35.2. The second-order valence-corrected chi connectivity index (χ2v) is 3.43. The van der Waals surface area contributed by atoms with Gasteiger partial charge in [-0.1, -0.05) is 13.0 Å². The second kappa shape index (κ2) is 9.17. The summed E-state index contributed by atoms with van der Waals surface area (Å²) in [7, 11) is 1.28. The molecule has 0 aromatic rings. The molecular weight excluding hydrogens is 238 g/mol. The van der Waals surface area contributed by atoms with Crippen molar-refractivity contribution in [1.29, 1.82) is 0 Å². The van der Waals surface area contributed by atoms with Gasteiger partial charge in [-0.2, -0.15) is 0 Å². The van der Waals surface area contributed by atoms with Crippen LogP contribution in [0.15, 0.2) is 12.7 Å². The van der Waals surface area contributed by atoms with Gasteiger partial charge in [0.1, 0.15) is 0 Å². The molecule has 102 valence electrons. The van der Waals surface area contributed by atoms with Gasteiger partial charge in [-0.3, -0.25) is 19.8 Å². The number of amides is 3. The number of carbonyl (C=O) groups excluding carboxylic acids is 3. The highest BCUT2D eigenvalue weighted by atomic mass is 16.5. The highest BCUT2D eigenvalue weighted by molar-refractivity contribution is 5.95. The van der Waals surface area contributed by atoms with Gasteiger partial charge >= 0.3 is 12.0 Å². The zero-order valence-electron chi connectivity index (χ0n) is 10.7. The van der Waals surface area contributed by atoms with Gasteiger partial charge in [-0.15, -0.1) is 6.58 Å². The predicted molar refractivity (Wildman–Crippen MR) is 65.9 cm³/mol. The van der Waals surface area contributed by atoms with Gasteiger partial charge in [0.15, 0.2) is 0 Å². The number of imide groups is 1. The zero-order valence-corrected chi connectivity index (χ0v) is 10.7. The minimum absolute atomic E-state index is 0.00863. The summed E-state index contributed by atoms with van der Waals surface area (Å²) in [6.07, 6.45) is 1.50. The van der Waals surface area contributed by atoms with Crippen molar-refractivity contribution < 1.29 is 19.1 Å². The van der Waals surface area contributed by atoms with Crippen LogP contribution in [0.2, 0.25) is 0 Å². The number of esters is 1. The predicted octanol–water partition coefficient (Wildman–Crippen LogP) is -0.507. The van der Waals surface area contributed by atoms with Crippen LogP contribution in [0.4, 0.5) is 4.79 Å². The Labute approximate surface area is 106 Å². The molecule has 0 heterocycles. The lowest BCUT2D eigenvalue weighted by molar-refractivity contribution is -0.142. The second-order valence-electron chi connectivity index (χ2n) is 3.43. The molecule has 0 atom stereocenters. The fraction of sp³-hybridized carbons (Fsp3) is 0.545. The lowest BCUT2D eigenvalue weighted by Crippen LogP contribution is -2.45. The Bertz CT molecular complexity index is 317. The molecular formula is C11H19N3O4. The number of nitrogens with zero attached hydrogens (tertiary/aromatic N) is 1. The number of nitrogens with one attached hydrogen (secondary N) is 2. The first-order chi connectivity index (χ1) is 8.53. The molecule has 0 saturated carbocycles. The molecule has 0 unspecified atom stereocenters. The molecule has 0 aliphatic rings. The molecule has 0 fully saturated rings. The van der Waals surface area contributed by atoms with Crippen molar-refractivity contribution in [2.24, 2.45) is 0 Å².